The summed E-state index contributed by atoms with van der Waals surface area (Å²) < 4.78 is 0. The molecule has 1 aliphatic rings. The smallest absolute Gasteiger partial charge is 0.137 e. The summed E-state index contributed by atoms with van der Waals surface area (Å²) in [6, 6.07) is 0.757. The van der Waals surface area contributed by atoms with Crippen LogP contribution in [-0.2, 0) is 6.42 Å². The highest BCUT2D eigenvalue weighted by Gasteiger charge is 2.18. The molecule has 17 heavy (non-hydrogen) atoms. The first-order valence-electron chi connectivity index (χ1n) is 6.96. The minimum atomic E-state index is 0.757. The maximum atomic E-state index is 4.13. The molecule has 2 rings (SSSR count). The van der Waals surface area contributed by atoms with E-state index in [1.807, 2.05) is 0 Å². The number of aromatic amines is 1. The maximum Gasteiger partial charge on any atom is 0.137 e. The third kappa shape index (κ3) is 4.11. The van der Waals surface area contributed by atoms with Gasteiger partial charge in [-0.15, -0.1) is 0 Å². The first-order chi connectivity index (χ1) is 8.38. The van der Waals surface area contributed by atoms with E-state index in [4.69, 9.17) is 0 Å². The van der Waals surface area contributed by atoms with Crippen LogP contribution in [0, 0.1) is 5.92 Å². The average Bonchev–Trinajstić information content (AvgIpc) is 2.88. The third-order valence-corrected chi connectivity index (χ3v) is 3.91. The lowest BCUT2D eigenvalue weighted by atomic mass is 9.84. The molecule has 0 unspecified atom stereocenters. The molecule has 1 aromatic heterocycles. The first-order valence-corrected chi connectivity index (χ1v) is 6.96. The number of hydrogen-bond donors (Lipinski definition) is 2. The molecule has 4 nitrogen and oxygen atoms in total. The van der Waals surface area contributed by atoms with Crippen LogP contribution in [0.1, 0.15) is 51.3 Å². The Morgan fingerprint density at radius 1 is 1.35 bits per heavy atom. The molecule has 1 fully saturated rings. The number of aromatic nitrogens is 3. The van der Waals surface area contributed by atoms with Crippen LogP contribution in [0.5, 0.6) is 0 Å². The predicted molar refractivity (Wildman–Crippen MR) is 68.7 cm³/mol. The SMILES string of the molecule is CCC1CCC(NCCCc2ncn[nH]2)CC1. The van der Waals surface area contributed by atoms with Gasteiger partial charge in [0, 0.05) is 12.5 Å². The summed E-state index contributed by atoms with van der Waals surface area (Å²) >= 11 is 0. The topological polar surface area (TPSA) is 53.6 Å². The molecule has 1 aliphatic carbocycles. The van der Waals surface area contributed by atoms with Crippen LogP contribution in [0.4, 0.5) is 0 Å². The molecule has 0 saturated heterocycles. The van der Waals surface area contributed by atoms with Gasteiger partial charge in [0.15, 0.2) is 0 Å². The zero-order valence-electron chi connectivity index (χ0n) is 10.8. The summed E-state index contributed by atoms with van der Waals surface area (Å²) in [7, 11) is 0. The lowest BCUT2D eigenvalue weighted by molar-refractivity contribution is 0.286. The molecule has 1 saturated carbocycles. The number of aryl methyl sites for hydroxylation is 1. The van der Waals surface area contributed by atoms with Crippen molar-refractivity contribution in [3.05, 3.63) is 12.2 Å². The minimum absolute atomic E-state index is 0.757. The largest absolute Gasteiger partial charge is 0.314 e. The van der Waals surface area contributed by atoms with Gasteiger partial charge in [-0.05, 0) is 44.6 Å². The van der Waals surface area contributed by atoms with Gasteiger partial charge in [-0.1, -0.05) is 13.3 Å². The third-order valence-electron chi connectivity index (χ3n) is 3.91. The summed E-state index contributed by atoms with van der Waals surface area (Å²) in [6.07, 6.45) is 10.6. The van der Waals surface area contributed by atoms with E-state index in [0.717, 1.165) is 37.2 Å². The van der Waals surface area contributed by atoms with E-state index in [2.05, 4.69) is 27.4 Å². The Balaban J connectivity index is 1.54. The molecule has 0 aliphatic heterocycles. The van der Waals surface area contributed by atoms with Crippen LogP contribution in [0.2, 0.25) is 0 Å². The van der Waals surface area contributed by atoms with Crippen molar-refractivity contribution in [2.24, 2.45) is 5.92 Å². The summed E-state index contributed by atoms with van der Waals surface area (Å²) in [4.78, 5) is 4.13. The Morgan fingerprint density at radius 2 is 2.18 bits per heavy atom. The zero-order valence-corrected chi connectivity index (χ0v) is 10.8. The monoisotopic (exact) mass is 236 g/mol. The quantitative estimate of drug-likeness (QED) is 0.745. The van der Waals surface area contributed by atoms with E-state index in [-0.39, 0.29) is 0 Å². The van der Waals surface area contributed by atoms with Gasteiger partial charge in [0.2, 0.25) is 0 Å². The van der Waals surface area contributed by atoms with Crippen molar-refractivity contribution in [1.82, 2.24) is 20.5 Å². The molecule has 1 heterocycles. The second-order valence-corrected chi connectivity index (χ2v) is 5.12. The first kappa shape index (κ1) is 12.6. The second-order valence-electron chi connectivity index (χ2n) is 5.12. The Labute approximate surface area is 104 Å². The summed E-state index contributed by atoms with van der Waals surface area (Å²) in [5.41, 5.74) is 0. The van der Waals surface area contributed by atoms with Gasteiger partial charge in [0.05, 0.1) is 0 Å². The molecule has 0 radical (unpaired) electrons. The van der Waals surface area contributed by atoms with Crippen molar-refractivity contribution in [3.8, 4) is 0 Å². The molecule has 0 bridgehead atoms. The number of nitrogens with zero attached hydrogens (tertiary/aromatic N) is 2. The van der Waals surface area contributed by atoms with Gasteiger partial charge >= 0.3 is 0 Å². The normalized spacial score (nSPS) is 25.0. The average molecular weight is 236 g/mol. The van der Waals surface area contributed by atoms with E-state index in [9.17, 15) is 0 Å². The standard InChI is InChI=1S/C13H24N4/c1-2-11-5-7-12(8-6-11)14-9-3-4-13-15-10-16-17-13/h10-12,14H,2-9H2,1H3,(H,15,16,17). The lowest BCUT2D eigenvalue weighted by Gasteiger charge is -2.28. The Hall–Kier alpha value is -0.900. The Bertz CT molecular complexity index is 288. The van der Waals surface area contributed by atoms with Crippen LogP contribution in [0.15, 0.2) is 6.33 Å². The van der Waals surface area contributed by atoms with Gasteiger partial charge in [0.1, 0.15) is 12.2 Å². The number of hydrogen-bond acceptors (Lipinski definition) is 3. The fourth-order valence-corrected chi connectivity index (χ4v) is 2.69. The van der Waals surface area contributed by atoms with E-state index in [1.165, 1.54) is 32.1 Å². The van der Waals surface area contributed by atoms with Gasteiger partial charge in [-0.25, -0.2) is 4.98 Å². The fraction of sp³-hybridized carbons (Fsp3) is 0.846. The fourth-order valence-electron chi connectivity index (χ4n) is 2.69. The van der Waals surface area contributed by atoms with E-state index < -0.39 is 0 Å². The molecule has 1 aromatic rings. The Kier molecular flexibility index (Phi) is 4.98. The molecule has 96 valence electrons. The van der Waals surface area contributed by atoms with Gasteiger partial charge < -0.3 is 5.32 Å². The van der Waals surface area contributed by atoms with Crippen LogP contribution < -0.4 is 5.32 Å². The Morgan fingerprint density at radius 3 is 2.82 bits per heavy atom. The molecule has 2 N–H and O–H groups in total. The van der Waals surface area contributed by atoms with E-state index in [0.29, 0.717) is 0 Å². The molecular weight excluding hydrogens is 212 g/mol. The highest BCUT2D eigenvalue weighted by atomic mass is 15.2. The van der Waals surface area contributed by atoms with Gasteiger partial charge in [-0.2, -0.15) is 5.10 Å². The van der Waals surface area contributed by atoms with Crippen molar-refractivity contribution in [1.29, 1.82) is 0 Å². The lowest BCUT2D eigenvalue weighted by Crippen LogP contribution is -2.33. The van der Waals surface area contributed by atoms with Gasteiger partial charge in [-0.3, -0.25) is 5.10 Å². The van der Waals surface area contributed by atoms with E-state index in [1.54, 1.807) is 6.33 Å². The maximum absolute atomic E-state index is 4.13. The molecular formula is C13H24N4. The molecule has 0 atom stereocenters. The summed E-state index contributed by atoms with van der Waals surface area (Å²) in [5, 5.41) is 10.4. The molecule has 0 spiro atoms. The minimum Gasteiger partial charge on any atom is -0.314 e. The molecule has 0 amide bonds. The highest BCUT2D eigenvalue weighted by Crippen LogP contribution is 2.26. The van der Waals surface area contributed by atoms with Crippen LogP contribution in [0.3, 0.4) is 0 Å². The van der Waals surface area contributed by atoms with E-state index >= 15 is 0 Å². The van der Waals surface area contributed by atoms with Crippen LogP contribution >= 0.6 is 0 Å². The number of nitrogens with one attached hydrogen (secondary N) is 2. The predicted octanol–water partition coefficient (Wildman–Crippen LogP) is 2.30. The van der Waals surface area contributed by atoms with Crippen LogP contribution in [-0.4, -0.2) is 27.8 Å². The van der Waals surface area contributed by atoms with Gasteiger partial charge in [0.25, 0.3) is 0 Å². The van der Waals surface area contributed by atoms with Crippen molar-refractivity contribution in [2.75, 3.05) is 6.54 Å². The summed E-state index contributed by atoms with van der Waals surface area (Å²) in [6.45, 7) is 3.41. The summed E-state index contributed by atoms with van der Waals surface area (Å²) in [5.74, 6) is 1.99. The van der Waals surface area contributed by atoms with Crippen molar-refractivity contribution in [2.45, 2.75) is 57.9 Å². The molecule has 4 heteroatoms. The second kappa shape index (κ2) is 6.74. The van der Waals surface area contributed by atoms with Crippen molar-refractivity contribution >= 4 is 0 Å². The zero-order chi connectivity index (χ0) is 11.9. The van der Waals surface area contributed by atoms with Crippen molar-refractivity contribution in [3.63, 3.8) is 0 Å². The highest BCUT2D eigenvalue weighted by molar-refractivity contribution is 4.81. The molecule has 0 aromatic carbocycles. The van der Waals surface area contributed by atoms with Crippen molar-refractivity contribution < 1.29 is 0 Å². The van der Waals surface area contributed by atoms with Crippen LogP contribution in [0.25, 0.3) is 0 Å². The number of rotatable bonds is 6. The number of H-pyrrole nitrogens is 1.